The fraction of sp³-hybridized carbons (Fsp3) is 0.478. The standard InChI is InChI=1S/C23H30O2S/c1-5-19-16-23(24,13-14-25-19)18-7-6-8-21(15-18)26-20-11-9-17(10-12-20)22(2,3)4/h6-12,15,19,24H,5,13-14,16H2,1-4H3/t19-,23-/m1/s1. The molecule has 0 amide bonds. The minimum atomic E-state index is -0.772. The molecule has 1 N–H and O–H groups in total. The summed E-state index contributed by atoms with van der Waals surface area (Å²) in [6.45, 7) is 9.44. The Morgan fingerprint density at radius 1 is 1.12 bits per heavy atom. The molecule has 0 aliphatic carbocycles. The summed E-state index contributed by atoms with van der Waals surface area (Å²) in [5.41, 5.74) is 1.75. The van der Waals surface area contributed by atoms with Crippen molar-refractivity contribution in [1.29, 1.82) is 0 Å². The van der Waals surface area contributed by atoms with Gasteiger partial charge < -0.3 is 9.84 Å². The van der Waals surface area contributed by atoms with Gasteiger partial charge >= 0.3 is 0 Å². The molecule has 0 bridgehead atoms. The van der Waals surface area contributed by atoms with E-state index in [2.05, 4.69) is 70.2 Å². The number of ether oxygens (including phenoxy) is 1. The van der Waals surface area contributed by atoms with Gasteiger partial charge in [-0.1, -0.05) is 63.7 Å². The molecule has 1 fully saturated rings. The molecule has 2 nitrogen and oxygen atoms in total. The van der Waals surface area contributed by atoms with E-state index in [1.807, 2.05) is 6.07 Å². The average molecular weight is 371 g/mol. The third-order valence-electron chi connectivity index (χ3n) is 5.22. The maximum Gasteiger partial charge on any atom is 0.0943 e. The second-order valence-corrected chi connectivity index (χ2v) is 9.44. The van der Waals surface area contributed by atoms with Gasteiger partial charge in [-0.15, -0.1) is 0 Å². The van der Waals surface area contributed by atoms with Crippen LogP contribution >= 0.6 is 11.8 Å². The van der Waals surface area contributed by atoms with Crippen LogP contribution in [0, 0.1) is 0 Å². The van der Waals surface area contributed by atoms with Gasteiger partial charge in [-0.05, 0) is 47.2 Å². The minimum Gasteiger partial charge on any atom is -0.385 e. The maximum absolute atomic E-state index is 11.2. The Kier molecular flexibility index (Phi) is 5.81. The fourth-order valence-electron chi connectivity index (χ4n) is 3.46. The number of hydrogen-bond donors (Lipinski definition) is 1. The molecule has 1 aliphatic rings. The lowest BCUT2D eigenvalue weighted by Crippen LogP contribution is -2.38. The van der Waals surface area contributed by atoms with Crippen molar-refractivity contribution in [2.75, 3.05) is 6.61 Å². The van der Waals surface area contributed by atoms with Crippen molar-refractivity contribution in [3.8, 4) is 0 Å². The van der Waals surface area contributed by atoms with E-state index in [0.717, 1.165) is 12.0 Å². The van der Waals surface area contributed by atoms with Crippen molar-refractivity contribution in [2.45, 2.75) is 73.9 Å². The van der Waals surface area contributed by atoms with Crippen LogP contribution in [0.4, 0.5) is 0 Å². The summed E-state index contributed by atoms with van der Waals surface area (Å²) in [4.78, 5) is 2.39. The van der Waals surface area contributed by atoms with E-state index in [1.165, 1.54) is 15.4 Å². The Morgan fingerprint density at radius 3 is 2.50 bits per heavy atom. The molecule has 0 radical (unpaired) electrons. The molecule has 3 rings (SSSR count). The fourth-order valence-corrected chi connectivity index (χ4v) is 4.34. The highest BCUT2D eigenvalue weighted by Gasteiger charge is 2.36. The molecule has 1 saturated heterocycles. The summed E-state index contributed by atoms with van der Waals surface area (Å²) in [6.07, 6.45) is 2.43. The van der Waals surface area contributed by atoms with E-state index >= 15 is 0 Å². The predicted octanol–water partition coefficient (Wildman–Crippen LogP) is 5.91. The highest BCUT2D eigenvalue weighted by Crippen LogP contribution is 2.38. The number of benzene rings is 2. The maximum atomic E-state index is 11.2. The second-order valence-electron chi connectivity index (χ2n) is 8.29. The normalized spacial score (nSPS) is 23.8. The summed E-state index contributed by atoms with van der Waals surface area (Å²) in [5.74, 6) is 0. The van der Waals surface area contributed by atoms with Gasteiger partial charge in [0.05, 0.1) is 18.3 Å². The van der Waals surface area contributed by atoms with Gasteiger partial charge in [0.15, 0.2) is 0 Å². The van der Waals surface area contributed by atoms with Gasteiger partial charge in [0, 0.05) is 22.6 Å². The molecule has 0 saturated carbocycles. The molecule has 140 valence electrons. The summed E-state index contributed by atoms with van der Waals surface area (Å²) in [7, 11) is 0. The SMILES string of the molecule is CC[C@@H]1C[C@@](O)(c2cccc(Sc3ccc(C(C)(C)C)cc3)c2)CCO1. The molecule has 0 aromatic heterocycles. The third-order valence-corrected chi connectivity index (χ3v) is 6.21. The molecule has 0 unspecified atom stereocenters. The van der Waals surface area contributed by atoms with Crippen LogP contribution in [-0.2, 0) is 15.8 Å². The van der Waals surface area contributed by atoms with Crippen LogP contribution in [0.25, 0.3) is 0 Å². The minimum absolute atomic E-state index is 0.148. The molecule has 2 aromatic carbocycles. The van der Waals surface area contributed by atoms with Crippen molar-refractivity contribution in [1.82, 2.24) is 0 Å². The van der Waals surface area contributed by atoms with E-state index in [1.54, 1.807) is 11.8 Å². The first-order valence-corrected chi connectivity index (χ1v) is 10.3. The van der Waals surface area contributed by atoms with E-state index in [4.69, 9.17) is 4.74 Å². The Morgan fingerprint density at radius 2 is 1.85 bits per heavy atom. The largest absolute Gasteiger partial charge is 0.385 e. The zero-order chi connectivity index (χ0) is 18.8. The van der Waals surface area contributed by atoms with Crippen molar-refractivity contribution in [2.24, 2.45) is 0 Å². The van der Waals surface area contributed by atoms with Gasteiger partial charge in [0.25, 0.3) is 0 Å². The van der Waals surface area contributed by atoms with Crippen LogP contribution in [0.3, 0.4) is 0 Å². The van der Waals surface area contributed by atoms with E-state index < -0.39 is 5.60 Å². The van der Waals surface area contributed by atoms with Crippen LogP contribution in [0.15, 0.2) is 58.3 Å². The summed E-state index contributed by atoms with van der Waals surface area (Å²) < 4.78 is 5.74. The van der Waals surface area contributed by atoms with Crippen LogP contribution < -0.4 is 0 Å². The smallest absolute Gasteiger partial charge is 0.0943 e. The first-order valence-electron chi connectivity index (χ1n) is 9.53. The lowest BCUT2D eigenvalue weighted by atomic mass is 9.83. The van der Waals surface area contributed by atoms with Gasteiger partial charge in [-0.2, -0.15) is 0 Å². The molecule has 2 aromatic rings. The monoisotopic (exact) mass is 370 g/mol. The molecule has 1 heterocycles. The highest BCUT2D eigenvalue weighted by atomic mass is 32.2. The third kappa shape index (κ3) is 4.51. The van der Waals surface area contributed by atoms with E-state index in [9.17, 15) is 5.11 Å². The second kappa shape index (κ2) is 7.75. The molecule has 3 heteroatoms. The van der Waals surface area contributed by atoms with Crippen LogP contribution in [-0.4, -0.2) is 17.8 Å². The Balaban J connectivity index is 1.77. The highest BCUT2D eigenvalue weighted by molar-refractivity contribution is 7.99. The lowest BCUT2D eigenvalue weighted by molar-refractivity contribution is -0.108. The summed E-state index contributed by atoms with van der Waals surface area (Å²) >= 11 is 1.75. The van der Waals surface area contributed by atoms with E-state index in [-0.39, 0.29) is 11.5 Å². The number of rotatable bonds is 4. The van der Waals surface area contributed by atoms with Gasteiger partial charge in [0.1, 0.15) is 0 Å². The zero-order valence-corrected chi connectivity index (χ0v) is 17.1. The predicted molar refractivity (Wildman–Crippen MR) is 109 cm³/mol. The molecule has 0 spiro atoms. The van der Waals surface area contributed by atoms with Crippen molar-refractivity contribution < 1.29 is 9.84 Å². The van der Waals surface area contributed by atoms with Crippen LogP contribution in [0.5, 0.6) is 0 Å². The molecule has 1 aliphatic heterocycles. The zero-order valence-electron chi connectivity index (χ0n) is 16.3. The number of aliphatic hydroxyl groups is 1. The van der Waals surface area contributed by atoms with Crippen molar-refractivity contribution in [3.05, 3.63) is 59.7 Å². The van der Waals surface area contributed by atoms with Crippen molar-refractivity contribution >= 4 is 11.8 Å². The lowest BCUT2D eigenvalue weighted by Gasteiger charge is -2.37. The van der Waals surface area contributed by atoms with Crippen molar-refractivity contribution in [3.63, 3.8) is 0 Å². The molecule has 2 atom stereocenters. The molecular formula is C23H30O2S. The van der Waals surface area contributed by atoms with Crippen LogP contribution in [0.1, 0.15) is 58.1 Å². The topological polar surface area (TPSA) is 29.5 Å². The summed E-state index contributed by atoms with van der Waals surface area (Å²) in [5, 5.41) is 11.2. The first-order chi connectivity index (χ1) is 12.3. The Bertz CT molecular complexity index is 733. The average Bonchev–Trinajstić information content (AvgIpc) is 2.62. The van der Waals surface area contributed by atoms with Gasteiger partial charge in [-0.25, -0.2) is 0 Å². The Hall–Kier alpha value is -1.29. The molecular weight excluding hydrogens is 340 g/mol. The van der Waals surface area contributed by atoms with Gasteiger partial charge in [-0.3, -0.25) is 0 Å². The number of hydrogen-bond acceptors (Lipinski definition) is 3. The quantitative estimate of drug-likeness (QED) is 0.725. The Labute approximate surface area is 162 Å². The first kappa shape index (κ1) is 19.5. The van der Waals surface area contributed by atoms with Crippen LogP contribution in [0.2, 0.25) is 0 Å². The van der Waals surface area contributed by atoms with E-state index in [0.29, 0.717) is 19.4 Å². The van der Waals surface area contributed by atoms with Gasteiger partial charge in [0.2, 0.25) is 0 Å². The summed E-state index contributed by atoms with van der Waals surface area (Å²) in [6, 6.07) is 17.2. The molecule has 26 heavy (non-hydrogen) atoms.